The minimum Gasteiger partial charge on any atom is -0.371 e. The van der Waals surface area contributed by atoms with E-state index in [1.165, 1.54) is 6.42 Å². The van der Waals surface area contributed by atoms with Crippen molar-refractivity contribution in [2.75, 3.05) is 18.5 Å². The van der Waals surface area contributed by atoms with E-state index in [0.717, 1.165) is 31.4 Å². The van der Waals surface area contributed by atoms with Crippen LogP contribution in [0.25, 0.3) is 0 Å². The second-order valence-electron chi connectivity index (χ2n) is 5.68. The van der Waals surface area contributed by atoms with E-state index in [-0.39, 0.29) is 5.28 Å². The van der Waals surface area contributed by atoms with Gasteiger partial charge in [0.15, 0.2) is 0 Å². The first-order valence-electron chi connectivity index (χ1n) is 8.09. The average Bonchev–Trinajstić information content (AvgIpc) is 2.52. The van der Waals surface area contributed by atoms with Crippen molar-refractivity contribution in [2.45, 2.75) is 51.2 Å². The lowest BCUT2D eigenvalue weighted by molar-refractivity contribution is 0.233. The van der Waals surface area contributed by atoms with Gasteiger partial charge in [-0.1, -0.05) is 42.5 Å². The maximum atomic E-state index is 6.16. The van der Waals surface area contributed by atoms with Gasteiger partial charge >= 0.3 is 0 Å². The second kappa shape index (κ2) is 8.51. The van der Waals surface area contributed by atoms with Crippen LogP contribution in [-0.4, -0.2) is 18.5 Å². The Kier molecular flexibility index (Phi) is 7.21. The molecule has 0 bridgehead atoms. The molecule has 0 atom stereocenters. The van der Waals surface area contributed by atoms with Crippen molar-refractivity contribution in [3.8, 4) is 0 Å². The highest BCUT2D eigenvalue weighted by Crippen LogP contribution is 2.65. The fourth-order valence-electron chi connectivity index (χ4n) is 3.07. The van der Waals surface area contributed by atoms with E-state index in [0.29, 0.717) is 23.3 Å². The van der Waals surface area contributed by atoms with E-state index in [2.05, 4.69) is 5.32 Å². The second-order valence-corrected chi connectivity index (χ2v) is 10.3. The molecule has 1 N–H and O–H groups in total. The summed E-state index contributed by atoms with van der Waals surface area (Å²) >= 11 is 18.1. The maximum absolute atomic E-state index is 6.16. The molecule has 1 aliphatic rings. The van der Waals surface area contributed by atoms with Gasteiger partial charge in [-0.15, -0.1) is 0 Å². The molecule has 1 aromatic rings. The Morgan fingerprint density at radius 2 is 1.70 bits per heavy atom. The molecule has 0 amide bonds. The molecular weight excluding hydrogens is 372 g/mol. The van der Waals surface area contributed by atoms with Crippen LogP contribution in [0.3, 0.4) is 0 Å². The fraction of sp³-hybridized carbons (Fsp3) is 0.625. The van der Waals surface area contributed by atoms with Gasteiger partial charge in [0.05, 0.1) is 23.3 Å². The van der Waals surface area contributed by atoms with Gasteiger partial charge in [0.25, 0.3) is 0 Å². The van der Waals surface area contributed by atoms with Gasteiger partial charge in [-0.2, -0.15) is 0 Å². The van der Waals surface area contributed by atoms with Crippen LogP contribution < -0.4 is 5.32 Å². The van der Waals surface area contributed by atoms with Gasteiger partial charge in [-0.05, 0) is 56.7 Å². The van der Waals surface area contributed by atoms with E-state index in [1.807, 2.05) is 26.0 Å². The zero-order chi connectivity index (χ0) is 16.9. The van der Waals surface area contributed by atoms with Crippen LogP contribution >= 0.6 is 29.7 Å². The summed E-state index contributed by atoms with van der Waals surface area (Å²) in [6.45, 7) is 2.58. The summed E-state index contributed by atoms with van der Waals surface area (Å²) < 4.78 is 12.0. The Bertz CT molecular complexity index is 569. The Labute approximate surface area is 154 Å². The molecule has 1 aliphatic carbocycles. The van der Waals surface area contributed by atoms with Gasteiger partial charge in [0.2, 0.25) is 6.49 Å². The largest absolute Gasteiger partial charge is 0.371 e. The lowest BCUT2D eigenvalue weighted by Crippen LogP contribution is -2.41. The molecule has 0 heterocycles. The normalized spacial score (nSPS) is 17.9. The Morgan fingerprint density at radius 1 is 1.09 bits per heavy atom. The van der Waals surface area contributed by atoms with Crippen molar-refractivity contribution in [2.24, 2.45) is 0 Å². The van der Waals surface area contributed by atoms with Crippen LogP contribution in [0.4, 0.5) is 5.69 Å². The van der Waals surface area contributed by atoms with Crippen molar-refractivity contribution < 1.29 is 9.05 Å². The maximum Gasteiger partial charge on any atom is 0.214 e. The fourth-order valence-corrected chi connectivity index (χ4v) is 7.06. The van der Waals surface area contributed by atoms with Crippen molar-refractivity contribution in [1.29, 1.82) is 0 Å². The van der Waals surface area contributed by atoms with E-state index in [4.69, 9.17) is 44.1 Å². The zero-order valence-corrected chi connectivity index (χ0v) is 16.8. The van der Waals surface area contributed by atoms with Crippen LogP contribution in [0, 0.1) is 0 Å². The number of nitrogens with one attached hydrogen (secondary N) is 1. The third kappa shape index (κ3) is 4.42. The van der Waals surface area contributed by atoms with E-state index < -0.39 is 6.49 Å². The van der Waals surface area contributed by atoms with Gasteiger partial charge in [0, 0.05) is 5.69 Å². The highest BCUT2D eigenvalue weighted by Gasteiger charge is 2.47. The molecule has 1 aromatic carbocycles. The number of halogens is 2. The summed E-state index contributed by atoms with van der Waals surface area (Å²) in [4.78, 5) is 0. The first-order chi connectivity index (χ1) is 11.0. The smallest absolute Gasteiger partial charge is 0.214 e. The molecule has 1 fully saturated rings. The number of hydrogen-bond donors (Lipinski definition) is 1. The standard InChI is InChI=1S/C16H24Cl2NO2PS/c1-3-20-22(23,21-4-2)16(10-6-5-7-11-16)19-13-8-9-14(17)15(18)12-13/h8-9,12,19H,3-7,10-11H2,1-2H3. The van der Waals surface area contributed by atoms with Gasteiger partial charge in [-0.25, -0.2) is 0 Å². The molecule has 0 aliphatic heterocycles. The summed E-state index contributed by atoms with van der Waals surface area (Å²) in [6, 6.07) is 5.58. The SMILES string of the molecule is CCOP(=S)(OCC)C1(Nc2ccc(Cl)c(Cl)c2)CCCCC1. The summed E-state index contributed by atoms with van der Waals surface area (Å²) in [5, 5.41) is 4.36. The quantitative estimate of drug-likeness (QED) is 0.537. The topological polar surface area (TPSA) is 30.5 Å². The average molecular weight is 396 g/mol. The van der Waals surface area contributed by atoms with Crippen LogP contribution in [0.1, 0.15) is 46.0 Å². The van der Waals surface area contributed by atoms with Crippen molar-refractivity contribution in [1.82, 2.24) is 0 Å². The third-order valence-corrected chi connectivity index (χ3v) is 9.32. The third-order valence-electron chi connectivity index (χ3n) is 4.10. The summed E-state index contributed by atoms with van der Waals surface area (Å²) in [6.07, 6.45) is 5.35. The lowest BCUT2D eigenvalue weighted by Gasteiger charge is -2.45. The van der Waals surface area contributed by atoms with Gasteiger partial charge in [0.1, 0.15) is 5.28 Å². The lowest BCUT2D eigenvalue weighted by atomic mass is 9.94. The molecule has 0 radical (unpaired) electrons. The van der Waals surface area contributed by atoms with Crippen molar-refractivity contribution >= 4 is 47.2 Å². The molecule has 0 aromatic heterocycles. The number of hydrogen-bond acceptors (Lipinski definition) is 4. The molecule has 130 valence electrons. The predicted molar refractivity (Wildman–Crippen MR) is 103 cm³/mol. The van der Waals surface area contributed by atoms with E-state index in [1.54, 1.807) is 6.07 Å². The minimum absolute atomic E-state index is 0.343. The number of benzene rings is 1. The Morgan fingerprint density at radius 3 is 2.22 bits per heavy atom. The van der Waals surface area contributed by atoms with Gasteiger partial charge < -0.3 is 14.4 Å². The van der Waals surface area contributed by atoms with E-state index in [9.17, 15) is 0 Å². The summed E-state index contributed by atoms with van der Waals surface area (Å²) in [5.41, 5.74) is 0.912. The zero-order valence-electron chi connectivity index (χ0n) is 13.6. The van der Waals surface area contributed by atoms with Crippen LogP contribution in [0.5, 0.6) is 0 Å². The van der Waals surface area contributed by atoms with Crippen LogP contribution in [0.2, 0.25) is 10.0 Å². The first-order valence-corrected chi connectivity index (χ1v) is 11.5. The van der Waals surface area contributed by atoms with Crippen LogP contribution in [-0.2, 0) is 20.9 Å². The molecule has 3 nitrogen and oxygen atoms in total. The minimum atomic E-state index is -2.47. The Hall–Kier alpha value is 0.170. The highest BCUT2D eigenvalue weighted by atomic mass is 35.5. The predicted octanol–water partition coefficient (Wildman–Crippen LogP) is 6.45. The van der Waals surface area contributed by atoms with Crippen LogP contribution in [0.15, 0.2) is 18.2 Å². The van der Waals surface area contributed by atoms with Gasteiger partial charge in [-0.3, -0.25) is 0 Å². The molecule has 7 heteroatoms. The van der Waals surface area contributed by atoms with Crippen molar-refractivity contribution in [3.63, 3.8) is 0 Å². The molecule has 0 unspecified atom stereocenters. The Balaban J connectivity index is 2.37. The highest BCUT2D eigenvalue weighted by molar-refractivity contribution is 8.10. The molecule has 2 rings (SSSR count). The number of anilines is 1. The molecule has 0 saturated heterocycles. The molecule has 1 saturated carbocycles. The van der Waals surface area contributed by atoms with Crippen molar-refractivity contribution in [3.05, 3.63) is 28.2 Å². The monoisotopic (exact) mass is 395 g/mol. The molecule has 23 heavy (non-hydrogen) atoms. The summed E-state index contributed by atoms with van der Waals surface area (Å²) in [5.74, 6) is 0. The first kappa shape index (κ1) is 19.5. The number of rotatable bonds is 7. The molecule has 0 spiro atoms. The summed E-state index contributed by atoms with van der Waals surface area (Å²) in [7, 11) is 0. The van der Waals surface area contributed by atoms with E-state index >= 15 is 0 Å². The molecular formula is C16H24Cl2NO2PS.